The summed E-state index contributed by atoms with van der Waals surface area (Å²) in [6, 6.07) is 7.42. The molecule has 1 heterocycles. The summed E-state index contributed by atoms with van der Waals surface area (Å²) in [7, 11) is 0. The highest BCUT2D eigenvalue weighted by molar-refractivity contribution is 5.87. The number of hydrogen-bond donors (Lipinski definition) is 3. The maximum Gasteiger partial charge on any atom is 0.303 e. The maximum atomic E-state index is 11.9. The minimum absolute atomic E-state index is 0.0500. The van der Waals surface area contributed by atoms with Gasteiger partial charge >= 0.3 is 5.97 Å². The van der Waals surface area contributed by atoms with E-state index in [-0.39, 0.29) is 24.8 Å². The molecular formula is C14H17N3O3. The number of nitrogens with zero attached hydrogens (tertiary/aromatic N) is 1. The molecule has 0 spiro atoms. The summed E-state index contributed by atoms with van der Waals surface area (Å²) in [5, 5.41) is 19.3. The van der Waals surface area contributed by atoms with Crippen molar-refractivity contribution in [3.63, 3.8) is 0 Å². The highest BCUT2D eigenvalue weighted by Crippen LogP contribution is 2.15. The number of para-hydroxylation sites is 1. The first-order valence-corrected chi connectivity index (χ1v) is 6.49. The molecule has 2 aromatic rings. The number of carbonyl (C=O) groups is 2. The molecule has 0 aliphatic heterocycles. The summed E-state index contributed by atoms with van der Waals surface area (Å²) in [6.45, 7) is 1.80. The Morgan fingerprint density at radius 2 is 2.15 bits per heavy atom. The minimum atomic E-state index is -0.856. The second-order valence-corrected chi connectivity index (χ2v) is 4.80. The number of amides is 1. The number of hydrogen-bond acceptors (Lipinski definition) is 3. The number of aromatic nitrogens is 2. The fourth-order valence-corrected chi connectivity index (χ4v) is 2.05. The zero-order chi connectivity index (χ0) is 14.5. The molecule has 6 heteroatoms. The Morgan fingerprint density at radius 3 is 2.90 bits per heavy atom. The zero-order valence-electron chi connectivity index (χ0n) is 11.2. The quantitative estimate of drug-likeness (QED) is 0.744. The van der Waals surface area contributed by atoms with E-state index >= 15 is 0 Å². The topological polar surface area (TPSA) is 95.1 Å². The van der Waals surface area contributed by atoms with Crippen molar-refractivity contribution >= 4 is 22.8 Å². The lowest BCUT2D eigenvalue weighted by Gasteiger charge is -2.12. The fourth-order valence-electron chi connectivity index (χ4n) is 2.05. The van der Waals surface area contributed by atoms with Crippen molar-refractivity contribution in [3.8, 4) is 0 Å². The molecule has 20 heavy (non-hydrogen) atoms. The molecule has 1 unspecified atom stereocenters. The molecule has 106 valence electrons. The first-order chi connectivity index (χ1) is 9.56. The lowest BCUT2D eigenvalue weighted by Crippen LogP contribution is -2.34. The molecule has 0 saturated carbocycles. The summed E-state index contributed by atoms with van der Waals surface area (Å²) in [4.78, 5) is 22.4. The molecule has 0 fully saturated rings. The SMILES string of the molecule is CC(CCC(=O)O)NC(=O)Cc1[nH]nc2ccccc12. The van der Waals surface area contributed by atoms with Gasteiger partial charge in [0.25, 0.3) is 0 Å². The number of nitrogens with one attached hydrogen (secondary N) is 2. The van der Waals surface area contributed by atoms with E-state index in [0.29, 0.717) is 6.42 Å². The van der Waals surface area contributed by atoms with E-state index in [1.165, 1.54) is 0 Å². The Balaban J connectivity index is 1.93. The highest BCUT2D eigenvalue weighted by Gasteiger charge is 2.12. The average molecular weight is 275 g/mol. The van der Waals surface area contributed by atoms with Gasteiger partial charge in [-0.1, -0.05) is 18.2 Å². The molecule has 0 radical (unpaired) electrons. The van der Waals surface area contributed by atoms with Gasteiger partial charge in [0.05, 0.1) is 17.6 Å². The van der Waals surface area contributed by atoms with E-state index in [9.17, 15) is 9.59 Å². The molecule has 0 aliphatic carbocycles. The summed E-state index contributed by atoms with van der Waals surface area (Å²) < 4.78 is 0. The third-order valence-corrected chi connectivity index (χ3v) is 3.08. The number of fused-ring (bicyclic) bond motifs is 1. The number of aromatic amines is 1. The third kappa shape index (κ3) is 3.57. The number of carboxylic acids is 1. The minimum Gasteiger partial charge on any atom is -0.481 e. The number of benzene rings is 1. The number of rotatable bonds is 6. The van der Waals surface area contributed by atoms with E-state index in [2.05, 4.69) is 15.5 Å². The van der Waals surface area contributed by atoms with Crippen molar-refractivity contribution in [2.75, 3.05) is 0 Å². The number of H-pyrrole nitrogens is 1. The van der Waals surface area contributed by atoms with Crippen LogP contribution < -0.4 is 5.32 Å². The van der Waals surface area contributed by atoms with Gasteiger partial charge in [-0.2, -0.15) is 5.10 Å². The van der Waals surface area contributed by atoms with Gasteiger partial charge in [0.15, 0.2) is 0 Å². The Morgan fingerprint density at radius 1 is 1.40 bits per heavy atom. The Labute approximate surface area is 116 Å². The van der Waals surface area contributed by atoms with Crippen LogP contribution in [0.5, 0.6) is 0 Å². The van der Waals surface area contributed by atoms with Crippen LogP contribution in [0.1, 0.15) is 25.5 Å². The molecular weight excluding hydrogens is 258 g/mol. The van der Waals surface area contributed by atoms with Crippen LogP contribution in [-0.2, 0) is 16.0 Å². The lowest BCUT2D eigenvalue weighted by molar-refractivity contribution is -0.137. The van der Waals surface area contributed by atoms with Gasteiger partial charge in [-0.25, -0.2) is 0 Å². The average Bonchev–Trinajstić information content (AvgIpc) is 2.80. The molecule has 1 aromatic heterocycles. The molecule has 1 atom stereocenters. The van der Waals surface area contributed by atoms with E-state index in [1.807, 2.05) is 24.3 Å². The number of carboxylic acid groups (broad SMARTS) is 1. The Hall–Kier alpha value is -2.37. The summed E-state index contributed by atoms with van der Waals surface area (Å²) in [5.41, 5.74) is 1.60. The van der Waals surface area contributed by atoms with E-state index in [0.717, 1.165) is 16.6 Å². The van der Waals surface area contributed by atoms with Crippen molar-refractivity contribution in [1.82, 2.24) is 15.5 Å². The molecule has 2 rings (SSSR count). The van der Waals surface area contributed by atoms with Crippen molar-refractivity contribution in [1.29, 1.82) is 0 Å². The Bertz CT molecular complexity index is 621. The van der Waals surface area contributed by atoms with Crippen molar-refractivity contribution in [2.45, 2.75) is 32.2 Å². The highest BCUT2D eigenvalue weighted by atomic mass is 16.4. The summed E-state index contributed by atoms with van der Waals surface area (Å²) in [5.74, 6) is -0.997. The predicted octanol–water partition coefficient (Wildman–Crippen LogP) is 1.47. The third-order valence-electron chi connectivity index (χ3n) is 3.08. The van der Waals surface area contributed by atoms with Crippen molar-refractivity contribution in [3.05, 3.63) is 30.0 Å². The molecule has 3 N–H and O–H groups in total. The zero-order valence-corrected chi connectivity index (χ0v) is 11.2. The van der Waals surface area contributed by atoms with Crippen LogP contribution in [0.25, 0.3) is 10.9 Å². The van der Waals surface area contributed by atoms with Gasteiger partial charge < -0.3 is 10.4 Å². The molecule has 1 aromatic carbocycles. The normalized spacial score (nSPS) is 12.2. The van der Waals surface area contributed by atoms with Crippen LogP contribution in [0.2, 0.25) is 0 Å². The number of carbonyl (C=O) groups excluding carboxylic acids is 1. The van der Waals surface area contributed by atoms with Gasteiger partial charge in [-0.05, 0) is 19.4 Å². The van der Waals surface area contributed by atoms with Gasteiger partial charge in [-0.15, -0.1) is 0 Å². The first-order valence-electron chi connectivity index (χ1n) is 6.49. The monoisotopic (exact) mass is 275 g/mol. The first kappa shape index (κ1) is 14.0. The fraction of sp³-hybridized carbons (Fsp3) is 0.357. The van der Waals surface area contributed by atoms with Crippen LogP contribution in [0.4, 0.5) is 0 Å². The lowest BCUT2D eigenvalue weighted by atomic mass is 10.1. The second-order valence-electron chi connectivity index (χ2n) is 4.80. The van der Waals surface area contributed by atoms with Crippen molar-refractivity contribution < 1.29 is 14.7 Å². The van der Waals surface area contributed by atoms with Crippen LogP contribution in [0.3, 0.4) is 0 Å². The van der Waals surface area contributed by atoms with Crippen LogP contribution in [0.15, 0.2) is 24.3 Å². The van der Waals surface area contributed by atoms with Crippen LogP contribution in [0, 0.1) is 0 Å². The van der Waals surface area contributed by atoms with Gasteiger partial charge in [-0.3, -0.25) is 14.7 Å². The molecule has 1 amide bonds. The van der Waals surface area contributed by atoms with Gasteiger partial charge in [0.2, 0.25) is 5.91 Å². The molecule has 0 aliphatic rings. The standard InChI is InChI=1S/C14H17N3O3/c1-9(6-7-14(19)20)15-13(18)8-12-10-4-2-3-5-11(10)16-17-12/h2-5,9H,6-8H2,1H3,(H,15,18)(H,16,17)(H,19,20). The maximum absolute atomic E-state index is 11.9. The van der Waals surface area contributed by atoms with Gasteiger partial charge in [0.1, 0.15) is 0 Å². The molecule has 0 bridgehead atoms. The number of aliphatic carboxylic acids is 1. The summed E-state index contributed by atoms with van der Waals surface area (Å²) >= 11 is 0. The smallest absolute Gasteiger partial charge is 0.303 e. The Kier molecular flexibility index (Phi) is 4.34. The predicted molar refractivity (Wildman–Crippen MR) is 74.3 cm³/mol. The van der Waals surface area contributed by atoms with E-state index in [4.69, 9.17) is 5.11 Å². The van der Waals surface area contributed by atoms with E-state index in [1.54, 1.807) is 6.92 Å². The molecule has 0 saturated heterocycles. The second kappa shape index (κ2) is 6.18. The largest absolute Gasteiger partial charge is 0.481 e. The van der Waals surface area contributed by atoms with Gasteiger partial charge in [0, 0.05) is 17.8 Å². The van der Waals surface area contributed by atoms with Crippen molar-refractivity contribution in [2.24, 2.45) is 0 Å². The molecule has 6 nitrogen and oxygen atoms in total. The van der Waals surface area contributed by atoms with Crippen LogP contribution in [-0.4, -0.2) is 33.2 Å². The summed E-state index contributed by atoms with van der Waals surface area (Å²) in [6.07, 6.45) is 0.678. The van der Waals surface area contributed by atoms with E-state index < -0.39 is 5.97 Å². The van der Waals surface area contributed by atoms with Crippen LogP contribution >= 0.6 is 0 Å².